The second-order valence-electron chi connectivity index (χ2n) is 7.66. The van der Waals surface area contributed by atoms with Crippen molar-refractivity contribution < 1.29 is 18.7 Å². The van der Waals surface area contributed by atoms with E-state index in [1.165, 1.54) is 24.3 Å². The number of halogens is 1. The van der Waals surface area contributed by atoms with Gasteiger partial charge in [0.2, 0.25) is 0 Å². The number of likely N-dealkylation sites (tertiary alicyclic amines) is 1. The van der Waals surface area contributed by atoms with Crippen LogP contribution in [0.2, 0.25) is 0 Å². The first-order chi connectivity index (χ1) is 12.2. The Labute approximate surface area is 154 Å². The molecule has 0 unspecified atom stereocenters. The van der Waals surface area contributed by atoms with Gasteiger partial charge in [0.05, 0.1) is 0 Å². The van der Waals surface area contributed by atoms with E-state index in [1.54, 1.807) is 0 Å². The first kappa shape index (κ1) is 20.0. The summed E-state index contributed by atoms with van der Waals surface area (Å²) in [6, 6.07) is 5.52. The highest BCUT2D eigenvalue weighted by molar-refractivity contribution is 5.77. The van der Waals surface area contributed by atoms with Crippen molar-refractivity contribution in [1.29, 1.82) is 0 Å². The minimum atomic E-state index is -0.343. The molecule has 0 atom stereocenters. The smallest absolute Gasteiger partial charge is 0.317 e. The lowest BCUT2D eigenvalue weighted by molar-refractivity contribution is -0.123. The Balaban J connectivity index is 1.64. The third-order valence-corrected chi connectivity index (χ3v) is 4.16. The second kappa shape index (κ2) is 8.87. The molecule has 1 aromatic rings. The first-order valence-corrected chi connectivity index (χ1v) is 8.95. The van der Waals surface area contributed by atoms with E-state index >= 15 is 0 Å². The monoisotopic (exact) mass is 365 g/mol. The molecule has 1 aromatic carbocycles. The van der Waals surface area contributed by atoms with E-state index in [1.807, 2.05) is 25.7 Å². The van der Waals surface area contributed by atoms with Gasteiger partial charge in [0, 0.05) is 25.2 Å². The number of nitrogens with one attached hydrogen (secondary N) is 2. The van der Waals surface area contributed by atoms with Gasteiger partial charge in [0.15, 0.2) is 6.61 Å². The summed E-state index contributed by atoms with van der Waals surface area (Å²) in [5.74, 6) is 0.259. The number of benzene rings is 1. The lowest BCUT2D eigenvalue weighted by Crippen LogP contribution is -2.51. The zero-order chi connectivity index (χ0) is 19.2. The summed E-state index contributed by atoms with van der Waals surface area (Å²) < 4.78 is 18.1. The minimum Gasteiger partial charge on any atom is -0.484 e. The van der Waals surface area contributed by atoms with Gasteiger partial charge in [-0.05, 0) is 63.8 Å². The van der Waals surface area contributed by atoms with Crippen molar-refractivity contribution in [1.82, 2.24) is 15.5 Å². The van der Waals surface area contributed by atoms with E-state index in [-0.39, 0.29) is 29.9 Å². The number of rotatable bonds is 5. The van der Waals surface area contributed by atoms with Gasteiger partial charge in [0.1, 0.15) is 11.6 Å². The van der Waals surface area contributed by atoms with Crippen LogP contribution in [0.5, 0.6) is 5.75 Å². The van der Waals surface area contributed by atoms with Crippen molar-refractivity contribution in [3.63, 3.8) is 0 Å². The fraction of sp³-hybridized carbons (Fsp3) is 0.579. The van der Waals surface area contributed by atoms with Gasteiger partial charge in [-0.3, -0.25) is 4.79 Å². The van der Waals surface area contributed by atoms with Crippen molar-refractivity contribution in [2.24, 2.45) is 5.92 Å². The van der Waals surface area contributed by atoms with Crippen LogP contribution >= 0.6 is 0 Å². The number of nitrogens with zero attached hydrogens (tertiary/aromatic N) is 1. The van der Waals surface area contributed by atoms with Gasteiger partial charge in [-0.1, -0.05) is 0 Å². The lowest BCUT2D eigenvalue weighted by Gasteiger charge is -2.34. The van der Waals surface area contributed by atoms with Crippen molar-refractivity contribution >= 4 is 11.9 Å². The largest absolute Gasteiger partial charge is 0.484 e. The minimum absolute atomic E-state index is 0.0346. The van der Waals surface area contributed by atoms with Crippen LogP contribution in [0, 0.1) is 11.7 Å². The Morgan fingerprint density at radius 1 is 1.19 bits per heavy atom. The quantitative estimate of drug-likeness (QED) is 0.842. The molecule has 1 fully saturated rings. The van der Waals surface area contributed by atoms with Crippen LogP contribution in [-0.2, 0) is 4.79 Å². The molecule has 1 heterocycles. The zero-order valence-corrected chi connectivity index (χ0v) is 15.7. The highest BCUT2D eigenvalue weighted by atomic mass is 19.1. The van der Waals surface area contributed by atoms with E-state index in [9.17, 15) is 14.0 Å². The molecule has 3 amide bonds. The molecule has 26 heavy (non-hydrogen) atoms. The molecule has 7 heteroatoms. The summed E-state index contributed by atoms with van der Waals surface area (Å²) in [5.41, 5.74) is -0.244. The van der Waals surface area contributed by atoms with Gasteiger partial charge < -0.3 is 20.3 Å². The zero-order valence-electron chi connectivity index (χ0n) is 15.7. The van der Waals surface area contributed by atoms with Crippen LogP contribution in [0.3, 0.4) is 0 Å². The molecule has 0 aromatic heterocycles. The maximum Gasteiger partial charge on any atom is 0.317 e. The highest BCUT2D eigenvalue weighted by Gasteiger charge is 2.25. The fourth-order valence-electron chi connectivity index (χ4n) is 2.73. The Bertz CT molecular complexity index is 605. The molecule has 1 aliphatic rings. The van der Waals surface area contributed by atoms with Crippen LogP contribution in [0.1, 0.15) is 33.6 Å². The summed E-state index contributed by atoms with van der Waals surface area (Å²) in [6.07, 6.45) is 1.72. The Morgan fingerprint density at radius 3 is 2.38 bits per heavy atom. The Kier molecular flexibility index (Phi) is 6.83. The number of piperidine rings is 1. The van der Waals surface area contributed by atoms with E-state index in [2.05, 4.69) is 10.6 Å². The number of carbonyl (C=O) groups excluding carboxylic acids is 2. The molecule has 1 saturated heterocycles. The predicted molar refractivity (Wildman–Crippen MR) is 97.5 cm³/mol. The molecule has 144 valence electrons. The van der Waals surface area contributed by atoms with Crippen molar-refractivity contribution in [2.45, 2.75) is 39.2 Å². The first-order valence-electron chi connectivity index (χ1n) is 8.95. The summed E-state index contributed by atoms with van der Waals surface area (Å²) in [7, 11) is 0. The summed E-state index contributed by atoms with van der Waals surface area (Å²) >= 11 is 0. The van der Waals surface area contributed by atoms with Crippen LogP contribution in [0.4, 0.5) is 9.18 Å². The third kappa shape index (κ3) is 6.90. The van der Waals surface area contributed by atoms with Gasteiger partial charge in [0.25, 0.3) is 5.91 Å². The molecule has 1 aliphatic heterocycles. The number of hydrogen-bond acceptors (Lipinski definition) is 3. The number of amides is 3. The van der Waals surface area contributed by atoms with Crippen molar-refractivity contribution in [2.75, 3.05) is 26.2 Å². The number of urea groups is 1. The molecular formula is C19H28FN3O3. The standard InChI is InChI=1S/C19H28FN3O3/c1-19(2,3)22-18(25)23-10-8-14(9-11-23)12-21-17(24)13-26-16-6-4-15(20)5-7-16/h4-7,14H,8-13H2,1-3H3,(H,21,24)(H,22,25). The van der Waals surface area contributed by atoms with Gasteiger partial charge in [-0.25, -0.2) is 9.18 Å². The molecule has 0 spiro atoms. The van der Waals surface area contributed by atoms with Crippen LogP contribution < -0.4 is 15.4 Å². The SMILES string of the molecule is CC(C)(C)NC(=O)N1CCC(CNC(=O)COc2ccc(F)cc2)CC1. The average molecular weight is 365 g/mol. The van der Waals surface area contributed by atoms with Gasteiger partial charge >= 0.3 is 6.03 Å². The van der Waals surface area contributed by atoms with Crippen molar-refractivity contribution in [3.05, 3.63) is 30.1 Å². The summed E-state index contributed by atoms with van der Waals surface area (Å²) in [6.45, 7) is 7.73. The van der Waals surface area contributed by atoms with Crippen LogP contribution in [-0.4, -0.2) is 48.6 Å². The molecule has 0 bridgehead atoms. The number of carbonyl (C=O) groups is 2. The molecule has 2 rings (SSSR count). The molecule has 6 nitrogen and oxygen atoms in total. The maximum atomic E-state index is 12.8. The maximum absolute atomic E-state index is 12.8. The summed E-state index contributed by atoms with van der Waals surface area (Å²) in [5, 5.41) is 5.83. The topological polar surface area (TPSA) is 70.7 Å². The molecule has 0 saturated carbocycles. The van der Waals surface area contributed by atoms with Crippen molar-refractivity contribution in [3.8, 4) is 5.75 Å². The van der Waals surface area contributed by atoms with Gasteiger partial charge in [-0.15, -0.1) is 0 Å². The van der Waals surface area contributed by atoms with E-state index in [0.29, 0.717) is 31.3 Å². The lowest BCUT2D eigenvalue weighted by atomic mass is 9.97. The van der Waals surface area contributed by atoms with Crippen LogP contribution in [0.15, 0.2) is 24.3 Å². The van der Waals surface area contributed by atoms with Crippen LogP contribution in [0.25, 0.3) is 0 Å². The second-order valence-corrected chi connectivity index (χ2v) is 7.66. The Hall–Kier alpha value is -2.31. The molecular weight excluding hydrogens is 337 g/mol. The van der Waals surface area contributed by atoms with E-state index in [0.717, 1.165) is 12.8 Å². The highest BCUT2D eigenvalue weighted by Crippen LogP contribution is 2.17. The van der Waals surface area contributed by atoms with E-state index in [4.69, 9.17) is 4.74 Å². The molecule has 0 radical (unpaired) electrons. The normalized spacial score (nSPS) is 15.5. The molecule has 2 N–H and O–H groups in total. The molecule has 0 aliphatic carbocycles. The fourth-order valence-corrected chi connectivity index (χ4v) is 2.73. The van der Waals surface area contributed by atoms with Gasteiger partial charge in [-0.2, -0.15) is 0 Å². The predicted octanol–water partition coefficient (Wildman–Crippen LogP) is 2.54. The number of hydrogen-bond donors (Lipinski definition) is 2. The third-order valence-electron chi connectivity index (χ3n) is 4.16. The number of ether oxygens (including phenoxy) is 1. The average Bonchev–Trinajstić information content (AvgIpc) is 2.58. The Morgan fingerprint density at radius 2 is 1.81 bits per heavy atom. The summed E-state index contributed by atoms with van der Waals surface area (Å²) in [4.78, 5) is 25.8. The van der Waals surface area contributed by atoms with E-state index < -0.39 is 0 Å².